The van der Waals surface area contributed by atoms with E-state index in [1.54, 1.807) is 48.5 Å². The second kappa shape index (κ2) is 7.96. The van der Waals surface area contributed by atoms with E-state index in [-0.39, 0.29) is 17.4 Å². The molecule has 0 spiro atoms. The van der Waals surface area contributed by atoms with Gasteiger partial charge in [-0.1, -0.05) is 12.1 Å². The number of hydrogen-bond donors (Lipinski definition) is 2. The summed E-state index contributed by atoms with van der Waals surface area (Å²) >= 11 is 0. The smallest absolute Gasteiger partial charge is 0.271 e. The number of halogens is 1. The summed E-state index contributed by atoms with van der Waals surface area (Å²) in [5, 5.41) is 13.6. The normalized spacial score (nSPS) is 11.1. The van der Waals surface area contributed by atoms with Gasteiger partial charge in [0, 0.05) is 29.5 Å². The Morgan fingerprint density at radius 2 is 1.80 bits per heavy atom. The van der Waals surface area contributed by atoms with Crippen LogP contribution in [0.4, 0.5) is 15.8 Å². The second-order valence-corrected chi connectivity index (χ2v) is 6.50. The topological polar surface area (TPSA) is 101 Å². The number of imidazole rings is 1. The van der Waals surface area contributed by atoms with E-state index >= 15 is 0 Å². The molecule has 0 saturated heterocycles. The molecule has 4 rings (SSSR count). The van der Waals surface area contributed by atoms with Crippen molar-refractivity contribution in [2.75, 3.05) is 5.32 Å². The maximum absolute atomic E-state index is 12.9. The van der Waals surface area contributed by atoms with Crippen LogP contribution in [0, 0.1) is 15.9 Å². The van der Waals surface area contributed by atoms with Crippen molar-refractivity contribution in [2.45, 2.75) is 0 Å². The molecule has 0 aliphatic rings. The molecule has 7 nitrogen and oxygen atoms in total. The molecule has 2 N–H and O–H groups in total. The van der Waals surface area contributed by atoms with Gasteiger partial charge in [-0.2, -0.15) is 0 Å². The fraction of sp³-hybridized carbons (Fsp3) is 0. The van der Waals surface area contributed by atoms with Crippen molar-refractivity contribution in [1.82, 2.24) is 9.97 Å². The van der Waals surface area contributed by atoms with Crippen LogP contribution in [-0.4, -0.2) is 20.8 Å². The van der Waals surface area contributed by atoms with Crippen molar-refractivity contribution in [3.8, 4) is 11.4 Å². The summed E-state index contributed by atoms with van der Waals surface area (Å²) in [5.74, 6) is -0.0814. The van der Waals surface area contributed by atoms with Gasteiger partial charge in [0.2, 0.25) is 5.91 Å². The first-order valence-electron chi connectivity index (χ1n) is 8.97. The van der Waals surface area contributed by atoms with E-state index in [1.807, 2.05) is 0 Å². The number of non-ortho nitro benzene ring substituents is 1. The van der Waals surface area contributed by atoms with E-state index < -0.39 is 4.92 Å². The molecule has 0 atom stereocenters. The molecular formula is C22H15FN4O3. The Morgan fingerprint density at radius 3 is 2.50 bits per heavy atom. The van der Waals surface area contributed by atoms with Gasteiger partial charge in [0.25, 0.3) is 5.69 Å². The standard InChI is InChI=1S/C22H15FN4O3/c23-16-6-1-14(2-7-16)3-12-21(28)24-17-8-4-15(5-9-17)22-25-19-11-10-18(27(29)30)13-20(19)26-22/h1-13H,(H,24,28)(H,25,26)/b12-3+. The van der Waals surface area contributed by atoms with E-state index in [1.165, 1.54) is 30.3 Å². The molecule has 1 aromatic heterocycles. The molecule has 8 heteroatoms. The Kier molecular flexibility index (Phi) is 5.04. The summed E-state index contributed by atoms with van der Waals surface area (Å²) in [6, 6.07) is 17.3. The number of amides is 1. The first-order chi connectivity index (χ1) is 14.5. The summed E-state index contributed by atoms with van der Waals surface area (Å²) in [5.41, 5.74) is 3.27. The van der Waals surface area contributed by atoms with Gasteiger partial charge < -0.3 is 10.3 Å². The number of carbonyl (C=O) groups is 1. The third-order valence-electron chi connectivity index (χ3n) is 4.40. The van der Waals surface area contributed by atoms with E-state index in [2.05, 4.69) is 15.3 Å². The van der Waals surface area contributed by atoms with Gasteiger partial charge in [-0.15, -0.1) is 0 Å². The molecule has 3 aromatic carbocycles. The van der Waals surface area contributed by atoms with Gasteiger partial charge >= 0.3 is 0 Å². The predicted molar refractivity (Wildman–Crippen MR) is 112 cm³/mol. The Balaban J connectivity index is 1.46. The van der Waals surface area contributed by atoms with Crippen molar-refractivity contribution in [3.63, 3.8) is 0 Å². The number of nitro groups is 1. The van der Waals surface area contributed by atoms with Crippen LogP contribution in [0.15, 0.2) is 72.8 Å². The monoisotopic (exact) mass is 402 g/mol. The Labute approximate surface area is 170 Å². The lowest BCUT2D eigenvalue weighted by Crippen LogP contribution is -2.07. The zero-order valence-electron chi connectivity index (χ0n) is 15.5. The highest BCUT2D eigenvalue weighted by molar-refractivity contribution is 6.02. The number of fused-ring (bicyclic) bond motifs is 1. The van der Waals surface area contributed by atoms with Gasteiger partial charge in [0.15, 0.2) is 0 Å². The number of benzene rings is 3. The molecule has 0 fully saturated rings. The van der Waals surface area contributed by atoms with E-state index in [9.17, 15) is 19.3 Å². The molecular weight excluding hydrogens is 387 g/mol. The Bertz CT molecular complexity index is 1260. The van der Waals surface area contributed by atoms with E-state index in [0.29, 0.717) is 28.1 Å². The highest BCUT2D eigenvalue weighted by atomic mass is 19.1. The molecule has 0 saturated carbocycles. The fourth-order valence-corrected chi connectivity index (χ4v) is 2.89. The first-order valence-corrected chi connectivity index (χ1v) is 8.97. The third kappa shape index (κ3) is 4.22. The molecule has 0 aliphatic carbocycles. The molecule has 0 unspecified atom stereocenters. The SMILES string of the molecule is O=C(/C=C/c1ccc(F)cc1)Nc1ccc(-c2nc3ccc([N+](=O)[O-])cc3[nH]2)cc1. The van der Waals surface area contributed by atoms with Gasteiger partial charge in [0.05, 0.1) is 16.0 Å². The van der Waals surface area contributed by atoms with Crippen LogP contribution < -0.4 is 5.32 Å². The minimum Gasteiger partial charge on any atom is -0.338 e. The number of nitrogens with zero attached hydrogens (tertiary/aromatic N) is 2. The third-order valence-corrected chi connectivity index (χ3v) is 4.40. The van der Waals surface area contributed by atoms with Crippen LogP contribution in [0.1, 0.15) is 5.56 Å². The number of anilines is 1. The summed E-state index contributed by atoms with van der Waals surface area (Å²) in [4.78, 5) is 30.0. The van der Waals surface area contributed by atoms with E-state index in [4.69, 9.17) is 0 Å². The average Bonchev–Trinajstić information content (AvgIpc) is 3.17. The van der Waals surface area contributed by atoms with Crippen molar-refractivity contribution in [1.29, 1.82) is 0 Å². The van der Waals surface area contributed by atoms with Crippen LogP contribution in [-0.2, 0) is 4.79 Å². The summed E-state index contributed by atoms with van der Waals surface area (Å²) in [6.45, 7) is 0. The number of nitro benzene ring substituents is 1. The highest BCUT2D eigenvalue weighted by Gasteiger charge is 2.10. The molecule has 1 heterocycles. The zero-order chi connectivity index (χ0) is 21.1. The lowest BCUT2D eigenvalue weighted by Gasteiger charge is -2.03. The lowest BCUT2D eigenvalue weighted by molar-refractivity contribution is -0.384. The number of H-pyrrole nitrogens is 1. The van der Waals surface area contributed by atoms with Gasteiger partial charge in [-0.3, -0.25) is 14.9 Å². The molecule has 0 bridgehead atoms. The van der Waals surface area contributed by atoms with Gasteiger partial charge in [-0.05, 0) is 54.1 Å². The average molecular weight is 402 g/mol. The van der Waals surface area contributed by atoms with Gasteiger partial charge in [-0.25, -0.2) is 9.37 Å². The minimum absolute atomic E-state index is 0.00977. The van der Waals surface area contributed by atoms with Crippen LogP contribution in [0.3, 0.4) is 0 Å². The zero-order valence-corrected chi connectivity index (χ0v) is 15.5. The molecule has 4 aromatic rings. The van der Waals surface area contributed by atoms with Crippen molar-refractivity contribution >= 4 is 34.4 Å². The maximum atomic E-state index is 12.9. The lowest BCUT2D eigenvalue weighted by atomic mass is 10.2. The van der Waals surface area contributed by atoms with Crippen molar-refractivity contribution in [2.24, 2.45) is 0 Å². The predicted octanol–water partition coefficient (Wildman–Crippen LogP) is 4.93. The largest absolute Gasteiger partial charge is 0.338 e. The number of hydrogen-bond acceptors (Lipinski definition) is 4. The summed E-state index contributed by atoms with van der Waals surface area (Å²) < 4.78 is 12.9. The van der Waals surface area contributed by atoms with Gasteiger partial charge in [0.1, 0.15) is 11.6 Å². The Morgan fingerprint density at radius 1 is 1.07 bits per heavy atom. The van der Waals surface area contributed by atoms with Crippen molar-refractivity contribution < 1.29 is 14.1 Å². The number of aromatic nitrogens is 2. The van der Waals surface area contributed by atoms with Crippen LogP contribution in [0.2, 0.25) is 0 Å². The maximum Gasteiger partial charge on any atom is 0.271 e. The number of rotatable bonds is 5. The van der Waals surface area contributed by atoms with Crippen LogP contribution in [0.5, 0.6) is 0 Å². The number of nitrogens with one attached hydrogen (secondary N) is 2. The second-order valence-electron chi connectivity index (χ2n) is 6.50. The van der Waals surface area contributed by atoms with Crippen molar-refractivity contribution in [3.05, 3.63) is 94.3 Å². The summed E-state index contributed by atoms with van der Waals surface area (Å²) in [6.07, 6.45) is 2.96. The number of aromatic amines is 1. The molecule has 30 heavy (non-hydrogen) atoms. The highest BCUT2D eigenvalue weighted by Crippen LogP contribution is 2.24. The molecule has 0 radical (unpaired) electrons. The number of carbonyl (C=O) groups excluding carboxylic acids is 1. The van der Waals surface area contributed by atoms with Crippen LogP contribution in [0.25, 0.3) is 28.5 Å². The summed E-state index contributed by atoms with van der Waals surface area (Å²) in [7, 11) is 0. The van der Waals surface area contributed by atoms with Crippen LogP contribution >= 0.6 is 0 Å². The molecule has 148 valence electrons. The molecule has 0 aliphatic heterocycles. The fourth-order valence-electron chi connectivity index (χ4n) is 2.89. The minimum atomic E-state index is -0.456. The molecule has 1 amide bonds. The quantitative estimate of drug-likeness (QED) is 0.281. The Hall–Kier alpha value is -4.33. The first kappa shape index (κ1) is 19.0. The van der Waals surface area contributed by atoms with E-state index in [0.717, 1.165) is 5.56 Å².